The molecule has 0 saturated carbocycles. The van der Waals surface area contributed by atoms with E-state index in [4.69, 9.17) is 15.5 Å². The highest BCUT2D eigenvalue weighted by atomic mass is 32.1. The van der Waals surface area contributed by atoms with Gasteiger partial charge in [-0.05, 0) is 37.1 Å². The summed E-state index contributed by atoms with van der Waals surface area (Å²) in [5, 5.41) is 1.76. The molecule has 0 aliphatic carbocycles. The summed E-state index contributed by atoms with van der Waals surface area (Å²) in [5.74, 6) is 1.07. The lowest BCUT2D eigenvalue weighted by molar-refractivity contribution is 0.0801. The number of carbonyl (C=O) groups excluding carboxylic acids is 1. The number of aryl methyl sites for hydroxylation is 1. The number of rotatable bonds is 7. The van der Waals surface area contributed by atoms with Gasteiger partial charge in [0.15, 0.2) is 5.13 Å². The number of methoxy groups -OCH3 is 1. The molecule has 4 aromatic rings. The van der Waals surface area contributed by atoms with E-state index >= 15 is 0 Å². The minimum Gasteiger partial charge on any atom is -0.497 e. The summed E-state index contributed by atoms with van der Waals surface area (Å²) in [6.45, 7) is 7.32. The highest BCUT2D eigenvalue weighted by molar-refractivity contribution is 7.14. The second kappa shape index (κ2) is 9.37. The summed E-state index contributed by atoms with van der Waals surface area (Å²) in [6.07, 6.45) is 1.91. The van der Waals surface area contributed by atoms with Crippen LogP contribution in [0.25, 0.3) is 27.3 Å². The van der Waals surface area contributed by atoms with Crippen LogP contribution in [0.1, 0.15) is 40.6 Å². The monoisotopic (exact) mass is 462 g/mol. The topological polar surface area (TPSA) is 73.4 Å². The molecule has 2 heterocycles. The predicted octanol–water partition coefficient (Wildman–Crippen LogP) is 5.23. The number of fused-ring (bicyclic) bond motifs is 1. The molecule has 0 bridgehead atoms. The molecule has 0 saturated heterocycles. The fraction of sp³-hybridized carbons (Fsp3) is 0.308. The van der Waals surface area contributed by atoms with Gasteiger partial charge in [0, 0.05) is 42.2 Å². The van der Waals surface area contributed by atoms with Gasteiger partial charge < -0.3 is 15.4 Å². The number of ether oxygens (including phenoxy) is 1. The number of likely N-dealkylation sites (N-methyl/N-ethyl adjacent to an activating group) is 1. The number of aromatic nitrogens is 2. The summed E-state index contributed by atoms with van der Waals surface area (Å²) in [6, 6.07) is 14.2. The molecule has 0 unspecified atom stereocenters. The SMILES string of the molecule is COc1cccc(-c2nc(-n3cc(C(=O)N(C)CCN)c4cc(C)ccc43)sc2C(C)C)c1. The van der Waals surface area contributed by atoms with Crippen molar-refractivity contribution >= 4 is 28.1 Å². The average Bonchev–Trinajstić information content (AvgIpc) is 3.40. The zero-order valence-electron chi connectivity index (χ0n) is 19.8. The lowest BCUT2D eigenvalue weighted by Crippen LogP contribution is -2.31. The van der Waals surface area contributed by atoms with Gasteiger partial charge in [0.25, 0.3) is 5.91 Å². The van der Waals surface area contributed by atoms with E-state index in [2.05, 4.69) is 38.1 Å². The third kappa shape index (κ3) is 4.38. The standard InChI is InChI=1S/C26H30N4O2S/c1-16(2)24-23(18-7-6-8-19(14-18)32-5)28-26(33-24)30-15-21(25(31)29(4)12-11-27)20-13-17(3)9-10-22(20)30/h6-10,13-16H,11-12,27H2,1-5H3. The minimum absolute atomic E-state index is 0.0385. The number of thiazole rings is 1. The van der Waals surface area contributed by atoms with E-state index in [0.717, 1.165) is 38.6 Å². The number of nitrogens with two attached hydrogens (primary N) is 1. The van der Waals surface area contributed by atoms with E-state index in [1.54, 1.807) is 30.4 Å². The quantitative estimate of drug-likeness (QED) is 0.408. The second-order valence-corrected chi connectivity index (χ2v) is 9.55. The van der Waals surface area contributed by atoms with Crippen molar-refractivity contribution in [2.45, 2.75) is 26.7 Å². The van der Waals surface area contributed by atoms with Crippen LogP contribution in [0, 0.1) is 6.92 Å². The number of hydrogen-bond donors (Lipinski definition) is 1. The Labute approximate surface area is 198 Å². The molecular weight excluding hydrogens is 432 g/mol. The van der Waals surface area contributed by atoms with Gasteiger partial charge in [-0.25, -0.2) is 4.98 Å². The molecule has 172 valence electrons. The third-order valence-corrected chi connectivity index (χ3v) is 7.07. The maximum atomic E-state index is 13.2. The Morgan fingerprint density at radius 2 is 2.03 bits per heavy atom. The molecule has 0 radical (unpaired) electrons. The summed E-state index contributed by atoms with van der Waals surface area (Å²) in [7, 11) is 3.46. The van der Waals surface area contributed by atoms with E-state index in [-0.39, 0.29) is 5.91 Å². The summed E-state index contributed by atoms with van der Waals surface area (Å²) in [5.41, 5.74) is 10.4. The van der Waals surface area contributed by atoms with Crippen molar-refractivity contribution < 1.29 is 9.53 Å². The van der Waals surface area contributed by atoms with E-state index in [9.17, 15) is 4.79 Å². The Morgan fingerprint density at radius 1 is 1.24 bits per heavy atom. The minimum atomic E-state index is -0.0385. The average molecular weight is 463 g/mol. The molecule has 2 N–H and O–H groups in total. The number of carbonyl (C=O) groups is 1. The number of benzene rings is 2. The Balaban J connectivity index is 1.90. The Kier molecular flexibility index (Phi) is 6.54. The van der Waals surface area contributed by atoms with E-state index in [1.807, 2.05) is 35.9 Å². The molecule has 1 amide bonds. The van der Waals surface area contributed by atoms with E-state index in [1.165, 1.54) is 4.88 Å². The van der Waals surface area contributed by atoms with E-state index in [0.29, 0.717) is 24.6 Å². The second-order valence-electron chi connectivity index (χ2n) is 8.54. The van der Waals surface area contributed by atoms with Crippen molar-refractivity contribution in [2.75, 3.05) is 27.2 Å². The van der Waals surface area contributed by atoms with Crippen LogP contribution in [-0.4, -0.2) is 47.6 Å². The Morgan fingerprint density at radius 3 is 2.73 bits per heavy atom. The predicted molar refractivity (Wildman–Crippen MR) is 136 cm³/mol. The molecular formula is C26H30N4O2S. The first-order chi connectivity index (χ1) is 15.8. The molecule has 0 fully saturated rings. The number of amides is 1. The zero-order valence-corrected chi connectivity index (χ0v) is 20.6. The van der Waals surface area contributed by atoms with Gasteiger partial charge in [0.2, 0.25) is 0 Å². The molecule has 2 aromatic heterocycles. The summed E-state index contributed by atoms with van der Waals surface area (Å²) in [4.78, 5) is 21.1. The lowest BCUT2D eigenvalue weighted by atomic mass is 10.1. The van der Waals surface area contributed by atoms with E-state index < -0.39 is 0 Å². The molecule has 0 atom stereocenters. The maximum absolute atomic E-state index is 13.2. The smallest absolute Gasteiger partial charge is 0.255 e. The van der Waals surface area contributed by atoms with Gasteiger partial charge in [-0.15, -0.1) is 11.3 Å². The third-order valence-electron chi connectivity index (χ3n) is 5.72. The van der Waals surface area contributed by atoms with Crippen molar-refractivity contribution in [3.8, 4) is 22.1 Å². The van der Waals surface area contributed by atoms with Crippen LogP contribution in [0.2, 0.25) is 0 Å². The van der Waals surface area contributed by atoms with Crippen LogP contribution in [0.3, 0.4) is 0 Å². The van der Waals surface area contributed by atoms with Crippen LogP contribution in [0.15, 0.2) is 48.7 Å². The van der Waals surface area contributed by atoms with Crippen molar-refractivity contribution in [3.05, 3.63) is 64.7 Å². The van der Waals surface area contributed by atoms with Crippen molar-refractivity contribution in [3.63, 3.8) is 0 Å². The number of nitrogens with zero attached hydrogens (tertiary/aromatic N) is 3. The first kappa shape index (κ1) is 23.0. The molecule has 4 rings (SSSR count). The van der Waals surface area contributed by atoms with Crippen LogP contribution in [0.4, 0.5) is 0 Å². The van der Waals surface area contributed by atoms with Gasteiger partial charge >= 0.3 is 0 Å². The van der Waals surface area contributed by atoms with Crippen molar-refractivity contribution in [1.82, 2.24) is 14.5 Å². The fourth-order valence-electron chi connectivity index (χ4n) is 3.97. The Bertz CT molecular complexity index is 1310. The largest absolute Gasteiger partial charge is 0.497 e. The van der Waals surface area contributed by atoms with Gasteiger partial charge in [-0.2, -0.15) is 0 Å². The normalized spacial score (nSPS) is 11.4. The summed E-state index contributed by atoms with van der Waals surface area (Å²) >= 11 is 1.66. The zero-order chi connectivity index (χ0) is 23.7. The number of hydrogen-bond acceptors (Lipinski definition) is 5. The lowest BCUT2D eigenvalue weighted by Gasteiger charge is -2.15. The molecule has 7 heteroatoms. The first-order valence-corrected chi connectivity index (χ1v) is 11.9. The molecule has 0 aliphatic rings. The maximum Gasteiger partial charge on any atom is 0.255 e. The highest BCUT2D eigenvalue weighted by Crippen LogP contribution is 2.38. The van der Waals surface area contributed by atoms with Gasteiger partial charge in [0.05, 0.1) is 23.9 Å². The van der Waals surface area contributed by atoms with Crippen LogP contribution >= 0.6 is 11.3 Å². The molecule has 33 heavy (non-hydrogen) atoms. The van der Waals surface area contributed by atoms with Gasteiger partial charge in [-0.3, -0.25) is 9.36 Å². The Hall–Kier alpha value is -3.16. The van der Waals surface area contributed by atoms with Crippen molar-refractivity contribution in [1.29, 1.82) is 0 Å². The molecule has 2 aromatic carbocycles. The van der Waals surface area contributed by atoms with Crippen LogP contribution in [0.5, 0.6) is 5.75 Å². The van der Waals surface area contributed by atoms with Gasteiger partial charge in [0.1, 0.15) is 5.75 Å². The molecule has 0 aliphatic heterocycles. The fourth-order valence-corrected chi connectivity index (χ4v) is 5.04. The molecule has 6 nitrogen and oxygen atoms in total. The van der Waals surface area contributed by atoms with Crippen LogP contribution in [-0.2, 0) is 0 Å². The highest BCUT2D eigenvalue weighted by Gasteiger charge is 2.22. The van der Waals surface area contributed by atoms with Crippen molar-refractivity contribution in [2.24, 2.45) is 5.73 Å². The van der Waals surface area contributed by atoms with Gasteiger partial charge in [-0.1, -0.05) is 37.6 Å². The van der Waals surface area contributed by atoms with Crippen LogP contribution < -0.4 is 10.5 Å². The first-order valence-electron chi connectivity index (χ1n) is 11.1. The summed E-state index contributed by atoms with van der Waals surface area (Å²) < 4.78 is 7.47. The molecule has 0 spiro atoms.